The lowest BCUT2D eigenvalue weighted by molar-refractivity contribution is -0.138. The van der Waals surface area contributed by atoms with Crippen LogP contribution in [-0.2, 0) is 20.3 Å². The Morgan fingerprint density at radius 3 is 2.54 bits per heavy atom. The number of rotatable bonds is 5. The Hall–Kier alpha value is -4.15. The van der Waals surface area contributed by atoms with E-state index < -0.39 is 29.7 Å². The van der Waals surface area contributed by atoms with Crippen molar-refractivity contribution >= 4 is 40.1 Å². The Labute approximate surface area is 234 Å². The summed E-state index contributed by atoms with van der Waals surface area (Å²) in [6.07, 6.45) is 5.96. The summed E-state index contributed by atoms with van der Waals surface area (Å²) in [5.74, 6) is -4.64. The van der Waals surface area contributed by atoms with E-state index in [0.717, 1.165) is 12.8 Å². The molecule has 212 valence electrons. The highest BCUT2D eigenvalue weighted by Crippen LogP contribution is 2.48. The van der Waals surface area contributed by atoms with Crippen molar-refractivity contribution in [3.05, 3.63) is 59.4 Å². The lowest BCUT2D eigenvalue weighted by Crippen LogP contribution is -2.53. The van der Waals surface area contributed by atoms with E-state index in [-0.39, 0.29) is 52.3 Å². The van der Waals surface area contributed by atoms with Crippen molar-refractivity contribution < 1.29 is 28.0 Å². The number of amides is 4. The molecule has 0 bridgehead atoms. The van der Waals surface area contributed by atoms with Crippen LogP contribution in [0.15, 0.2) is 42.7 Å². The first-order valence-electron chi connectivity index (χ1n) is 14.0. The minimum Gasteiger partial charge on any atom is -0.342 e. The topological polar surface area (TPSA) is 105 Å². The fourth-order valence-electron chi connectivity index (χ4n) is 6.49. The third-order valence-corrected chi connectivity index (χ3v) is 9.19. The molecule has 4 amide bonds. The molecular formula is C30H29F2N5O4. The van der Waals surface area contributed by atoms with E-state index in [4.69, 9.17) is 0 Å². The molecule has 2 aromatic carbocycles. The molecule has 1 saturated carbocycles. The molecule has 1 aliphatic carbocycles. The van der Waals surface area contributed by atoms with Crippen LogP contribution in [0.5, 0.6) is 0 Å². The highest BCUT2D eigenvalue weighted by molar-refractivity contribution is 6.27. The van der Waals surface area contributed by atoms with Crippen molar-refractivity contribution in [3.8, 4) is 0 Å². The molecule has 41 heavy (non-hydrogen) atoms. The molecule has 3 fully saturated rings. The van der Waals surface area contributed by atoms with Gasteiger partial charge in [-0.3, -0.25) is 34.1 Å². The minimum absolute atomic E-state index is 0.0804. The van der Waals surface area contributed by atoms with Crippen molar-refractivity contribution in [1.29, 1.82) is 0 Å². The van der Waals surface area contributed by atoms with Crippen molar-refractivity contribution in [2.24, 2.45) is 5.41 Å². The Balaban J connectivity index is 1.17. The summed E-state index contributed by atoms with van der Waals surface area (Å²) >= 11 is 0. The van der Waals surface area contributed by atoms with E-state index in [2.05, 4.69) is 10.4 Å². The molecule has 4 heterocycles. The molecular weight excluding hydrogens is 532 g/mol. The maximum Gasteiger partial charge on any atom is 0.302 e. The predicted molar refractivity (Wildman–Crippen MR) is 144 cm³/mol. The number of carbonyl (C=O) groups excluding carboxylic acids is 4. The number of nitrogens with one attached hydrogen (secondary N) is 1. The van der Waals surface area contributed by atoms with Crippen molar-refractivity contribution in [3.63, 3.8) is 0 Å². The standard InChI is InChI=1S/C30H29F2N5O4/c1-29(11-12-29)28(41)35-13-9-18(10-14-35)36-16-17(15-33-36)30(31,32)21-5-6-22-25-19(21)3-2-4-20(25)27(40)37(22)23-7-8-24(38)34-26(23)39/h2-6,15-16,18,23H,7-14H2,1H3,(H,34,38,39). The summed E-state index contributed by atoms with van der Waals surface area (Å²) in [6, 6.07) is 6.48. The zero-order valence-electron chi connectivity index (χ0n) is 22.5. The number of benzene rings is 2. The first-order chi connectivity index (χ1) is 19.6. The van der Waals surface area contributed by atoms with Crippen LogP contribution in [0.2, 0.25) is 0 Å². The van der Waals surface area contributed by atoms with E-state index in [9.17, 15) is 19.2 Å². The highest BCUT2D eigenvalue weighted by atomic mass is 19.3. The monoisotopic (exact) mass is 561 g/mol. The fourth-order valence-corrected chi connectivity index (χ4v) is 6.49. The molecule has 1 aromatic heterocycles. The molecule has 4 aliphatic rings. The van der Waals surface area contributed by atoms with Gasteiger partial charge in [-0.25, -0.2) is 0 Å². The Morgan fingerprint density at radius 1 is 1.07 bits per heavy atom. The van der Waals surface area contributed by atoms with Crippen LogP contribution in [0.1, 0.15) is 73.0 Å². The smallest absolute Gasteiger partial charge is 0.302 e. The summed E-state index contributed by atoms with van der Waals surface area (Å²) in [5, 5.41) is 7.15. The second-order valence-electron chi connectivity index (χ2n) is 11.9. The lowest BCUT2D eigenvalue weighted by Gasteiger charge is -2.33. The average molecular weight is 562 g/mol. The van der Waals surface area contributed by atoms with E-state index in [1.807, 2.05) is 11.8 Å². The number of halogens is 2. The molecule has 2 saturated heterocycles. The number of piperidine rings is 2. The van der Waals surface area contributed by atoms with Crippen LogP contribution in [0, 0.1) is 5.41 Å². The summed E-state index contributed by atoms with van der Waals surface area (Å²) in [4.78, 5) is 53.5. The number of anilines is 1. The summed E-state index contributed by atoms with van der Waals surface area (Å²) in [7, 11) is 0. The molecule has 0 radical (unpaired) electrons. The van der Waals surface area contributed by atoms with Crippen molar-refractivity contribution in [1.82, 2.24) is 20.0 Å². The quantitative estimate of drug-likeness (QED) is 0.476. The summed E-state index contributed by atoms with van der Waals surface area (Å²) < 4.78 is 33.9. The molecule has 3 aliphatic heterocycles. The van der Waals surface area contributed by atoms with E-state index in [1.54, 1.807) is 22.9 Å². The van der Waals surface area contributed by atoms with Crippen LogP contribution in [0.25, 0.3) is 10.8 Å². The number of likely N-dealkylation sites (tertiary alicyclic amines) is 1. The molecule has 7 rings (SSSR count). The average Bonchev–Trinajstić information content (AvgIpc) is 3.39. The first-order valence-corrected chi connectivity index (χ1v) is 14.0. The number of aromatic nitrogens is 2. The fraction of sp³-hybridized carbons (Fsp3) is 0.433. The Bertz CT molecular complexity index is 1640. The molecule has 1 unspecified atom stereocenters. The minimum atomic E-state index is -3.41. The van der Waals surface area contributed by atoms with Crippen LogP contribution in [0.3, 0.4) is 0 Å². The van der Waals surface area contributed by atoms with Gasteiger partial charge in [0.05, 0.1) is 23.5 Å². The van der Waals surface area contributed by atoms with Crippen molar-refractivity contribution in [2.75, 3.05) is 18.0 Å². The summed E-state index contributed by atoms with van der Waals surface area (Å²) in [6.45, 7) is 3.15. The van der Waals surface area contributed by atoms with Gasteiger partial charge in [0.1, 0.15) is 6.04 Å². The largest absolute Gasteiger partial charge is 0.342 e. The number of carbonyl (C=O) groups is 4. The number of hydrogen-bond donors (Lipinski definition) is 1. The van der Waals surface area contributed by atoms with Gasteiger partial charge in [-0.2, -0.15) is 13.9 Å². The molecule has 9 nitrogen and oxygen atoms in total. The first kappa shape index (κ1) is 25.8. The molecule has 1 atom stereocenters. The third kappa shape index (κ3) is 3.96. The van der Waals surface area contributed by atoms with E-state index >= 15 is 8.78 Å². The Morgan fingerprint density at radius 2 is 1.83 bits per heavy atom. The van der Waals surface area contributed by atoms with Gasteiger partial charge in [0.2, 0.25) is 17.7 Å². The molecule has 0 spiro atoms. The van der Waals surface area contributed by atoms with Crippen LogP contribution >= 0.6 is 0 Å². The van der Waals surface area contributed by atoms with E-state index in [0.29, 0.717) is 37.0 Å². The number of imide groups is 1. The zero-order valence-corrected chi connectivity index (χ0v) is 22.5. The SMILES string of the molecule is CC1(C(=O)N2CCC(n3cc(C(F)(F)c4ccc5c6c(cccc46)C(=O)N5C4CCC(=O)NC4=O)cn3)CC2)CC1. The number of alkyl halides is 2. The van der Waals surface area contributed by atoms with Gasteiger partial charge in [0.15, 0.2) is 0 Å². The number of nitrogens with zero attached hydrogens (tertiary/aromatic N) is 4. The highest BCUT2D eigenvalue weighted by Gasteiger charge is 2.48. The van der Waals surface area contributed by atoms with Gasteiger partial charge in [-0.15, -0.1) is 0 Å². The second kappa shape index (κ2) is 8.92. The van der Waals surface area contributed by atoms with Gasteiger partial charge in [-0.1, -0.05) is 19.1 Å². The lowest BCUT2D eigenvalue weighted by atomic mass is 9.94. The molecule has 11 heteroatoms. The maximum absolute atomic E-state index is 16.1. The second-order valence-corrected chi connectivity index (χ2v) is 11.9. The maximum atomic E-state index is 16.1. The van der Waals surface area contributed by atoms with Crippen LogP contribution < -0.4 is 10.2 Å². The number of hydrogen-bond acceptors (Lipinski definition) is 5. The normalized spacial score (nSPS) is 22.4. The Kier molecular flexibility index (Phi) is 5.61. The van der Waals surface area contributed by atoms with Crippen LogP contribution in [0.4, 0.5) is 14.5 Å². The summed E-state index contributed by atoms with van der Waals surface area (Å²) in [5.41, 5.74) is -0.109. The van der Waals surface area contributed by atoms with Gasteiger partial charge in [0.25, 0.3) is 5.91 Å². The molecule has 3 aromatic rings. The van der Waals surface area contributed by atoms with Gasteiger partial charge < -0.3 is 4.90 Å². The van der Waals surface area contributed by atoms with Gasteiger partial charge >= 0.3 is 5.92 Å². The van der Waals surface area contributed by atoms with Gasteiger partial charge in [0, 0.05) is 47.6 Å². The predicted octanol–water partition coefficient (Wildman–Crippen LogP) is 3.91. The third-order valence-electron chi connectivity index (χ3n) is 9.19. The van der Waals surface area contributed by atoms with E-state index in [1.165, 1.54) is 29.4 Å². The van der Waals surface area contributed by atoms with Crippen LogP contribution in [-0.4, -0.2) is 57.4 Å². The zero-order chi connectivity index (χ0) is 28.7. The molecule has 1 N–H and O–H groups in total. The van der Waals surface area contributed by atoms with Crippen molar-refractivity contribution in [2.45, 2.75) is 63.5 Å². The van der Waals surface area contributed by atoms with Gasteiger partial charge in [-0.05, 0) is 55.7 Å².